The van der Waals surface area contributed by atoms with E-state index >= 15 is 0 Å². The van der Waals surface area contributed by atoms with Gasteiger partial charge in [-0.25, -0.2) is 4.98 Å². The Morgan fingerprint density at radius 3 is 2.65 bits per heavy atom. The lowest BCUT2D eigenvalue weighted by Crippen LogP contribution is -1.97. The molecule has 0 amide bonds. The second kappa shape index (κ2) is 5.30. The number of aromatic nitrogens is 4. The quantitative estimate of drug-likeness (QED) is 0.738. The maximum absolute atomic E-state index is 5.33. The Labute approximate surface area is 126 Å². The van der Waals surface area contributed by atoms with Crippen molar-refractivity contribution in [2.75, 3.05) is 0 Å². The van der Waals surface area contributed by atoms with Crippen molar-refractivity contribution in [3.05, 3.63) is 46.2 Å². The molecular formula is C14H14N4S2. The maximum Gasteiger partial charge on any atom is 0.200 e. The first-order chi connectivity index (χ1) is 9.66. The molecule has 102 valence electrons. The summed E-state index contributed by atoms with van der Waals surface area (Å²) in [6.07, 6.45) is 0. The van der Waals surface area contributed by atoms with E-state index in [9.17, 15) is 0 Å². The number of thiazole rings is 1. The highest BCUT2D eigenvalue weighted by Crippen LogP contribution is 2.27. The molecule has 0 unspecified atom stereocenters. The molecule has 2 heterocycles. The van der Waals surface area contributed by atoms with Gasteiger partial charge >= 0.3 is 0 Å². The summed E-state index contributed by atoms with van der Waals surface area (Å²) in [7, 11) is 0. The Morgan fingerprint density at radius 2 is 2.00 bits per heavy atom. The lowest BCUT2D eigenvalue weighted by Gasteiger charge is -2.04. The van der Waals surface area contributed by atoms with E-state index in [1.807, 2.05) is 34.9 Å². The van der Waals surface area contributed by atoms with Crippen molar-refractivity contribution in [1.82, 2.24) is 19.7 Å². The first kappa shape index (κ1) is 13.2. The molecule has 1 aromatic carbocycles. The molecule has 0 atom stereocenters. The van der Waals surface area contributed by atoms with Crippen molar-refractivity contribution in [1.29, 1.82) is 0 Å². The van der Waals surface area contributed by atoms with Gasteiger partial charge in [0.2, 0.25) is 0 Å². The Bertz CT molecular complexity index is 768. The second-order valence-corrected chi connectivity index (χ2v) is 6.00. The van der Waals surface area contributed by atoms with Crippen molar-refractivity contribution in [3.63, 3.8) is 0 Å². The van der Waals surface area contributed by atoms with Crippen LogP contribution >= 0.6 is 23.6 Å². The molecular weight excluding hydrogens is 288 g/mol. The van der Waals surface area contributed by atoms with E-state index in [4.69, 9.17) is 12.2 Å². The summed E-state index contributed by atoms with van der Waals surface area (Å²) >= 11 is 6.93. The summed E-state index contributed by atoms with van der Waals surface area (Å²) in [5.74, 6) is 1.17. The summed E-state index contributed by atoms with van der Waals surface area (Å²) < 4.78 is 2.49. The van der Waals surface area contributed by atoms with Crippen LogP contribution in [0.4, 0.5) is 0 Å². The van der Waals surface area contributed by atoms with Gasteiger partial charge in [-0.1, -0.05) is 32.0 Å². The van der Waals surface area contributed by atoms with Crippen molar-refractivity contribution in [2.45, 2.75) is 19.8 Å². The summed E-state index contributed by atoms with van der Waals surface area (Å²) in [5.41, 5.74) is 2.07. The Balaban J connectivity index is 2.13. The van der Waals surface area contributed by atoms with E-state index in [0.29, 0.717) is 10.7 Å². The minimum atomic E-state index is 0.409. The number of para-hydroxylation sites is 1. The molecule has 0 saturated heterocycles. The molecule has 3 aromatic rings. The molecule has 0 aliphatic heterocycles. The summed E-state index contributed by atoms with van der Waals surface area (Å²) in [4.78, 5) is 4.65. The molecule has 0 aliphatic carbocycles. The monoisotopic (exact) mass is 302 g/mol. The minimum absolute atomic E-state index is 0.409. The smallest absolute Gasteiger partial charge is 0.200 e. The van der Waals surface area contributed by atoms with Gasteiger partial charge in [-0.2, -0.15) is 5.10 Å². The molecule has 0 saturated carbocycles. The predicted octanol–water partition coefficient (Wildman–Crippen LogP) is 4.18. The Kier molecular flexibility index (Phi) is 3.50. The maximum atomic E-state index is 5.33. The van der Waals surface area contributed by atoms with Crippen molar-refractivity contribution < 1.29 is 0 Å². The second-order valence-electron chi connectivity index (χ2n) is 4.76. The van der Waals surface area contributed by atoms with Crippen LogP contribution in [0.1, 0.15) is 25.5 Å². The number of rotatable bonds is 3. The molecule has 4 nitrogen and oxygen atoms in total. The number of hydrogen-bond donors (Lipinski definition) is 1. The first-order valence-electron chi connectivity index (χ1n) is 6.35. The molecule has 3 rings (SSSR count). The van der Waals surface area contributed by atoms with Gasteiger partial charge in [-0.3, -0.25) is 9.67 Å². The SMILES string of the molecule is CC(C)c1csc(-c2n[nH]c(=S)n2-c2ccccc2)n1. The van der Waals surface area contributed by atoms with Crippen LogP contribution in [0, 0.1) is 4.77 Å². The molecule has 0 spiro atoms. The van der Waals surface area contributed by atoms with Crippen LogP contribution in [0.2, 0.25) is 0 Å². The molecule has 1 N–H and O–H groups in total. The van der Waals surface area contributed by atoms with Gasteiger partial charge in [0.05, 0.1) is 11.4 Å². The first-order valence-corrected chi connectivity index (χ1v) is 7.64. The number of nitrogens with one attached hydrogen (secondary N) is 1. The van der Waals surface area contributed by atoms with E-state index in [-0.39, 0.29) is 0 Å². The van der Waals surface area contributed by atoms with Crippen LogP contribution in [0.15, 0.2) is 35.7 Å². The number of aromatic amines is 1. The normalized spacial score (nSPS) is 11.2. The largest absolute Gasteiger partial charge is 0.266 e. The zero-order chi connectivity index (χ0) is 14.1. The lowest BCUT2D eigenvalue weighted by molar-refractivity contribution is 0.832. The fourth-order valence-electron chi connectivity index (χ4n) is 1.91. The lowest BCUT2D eigenvalue weighted by atomic mass is 10.2. The van der Waals surface area contributed by atoms with E-state index < -0.39 is 0 Å². The Morgan fingerprint density at radius 1 is 1.25 bits per heavy atom. The highest BCUT2D eigenvalue weighted by Gasteiger charge is 2.15. The van der Waals surface area contributed by atoms with Gasteiger partial charge in [0.1, 0.15) is 0 Å². The fraction of sp³-hybridized carbons (Fsp3) is 0.214. The number of hydrogen-bond acceptors (Lipinski definition) is 4. The molecule has 0 aliphatic rings. The fourth-order valence-corrected chi connectivity index (χ4v) is 3.11. The summed E-state index contributed by atoms with van der Waals surface area (Å²) in [5, 5.41) is 10.1. The van der Waals surface area contributed by atoms with E-state index in [0.717, 1.165) is 22.2 Å². The number of H-pyrrole nitrogens is 1. The van der Waals surface area contributed by atoms with E-state index in [2.05, 4.69) is 34.4 Å². The minimum Gasteiger partial charge on any atom is -0.266 e. The third kappa shape index (κ3) is 2.32. The van der Waals surface area contributed by atoms with Crippen LogP contribution in [-0.2, 0) is 0 Å². The van der Waals surface area contributed by atoms with Gasteiger partial charge < -0.3 is 0 Å². The summed E-state index contributed by atoms with van der Waals surface area (Å²) in [6.45, 7) is 4.26. The molecule has 2 aromatic heterocycles. The van der Waals surface area contributed by atoms with Gasteiger partial charge in [0, 0.05) is 5.38 Å². The summed E-state index contributed by atoms with van der Waals surface area (Å²) in [6, 6.07) is 9.95. The molecule has 6 heteroatoms. The molecule has 0 bridgehead atoms. The third-order valence-electron chi connectivity index (χ3n) is 2.99. The zero-order valence-corrected chi connectivity index (χ0v) is 12.8. The van der Waals surface area contributed by atoms with E-state index in [1.54, 1.807) is 11.3 Å². The van der Waals surface area contributed by atoms with Crippen LogP contribution in [-0.4, -0.2) is 19.7 Å². The van der Waals surface area contributed by atoms with E-state index in [1.165, 1.54) is 0 Å². The van der Waals surface area contributed by atoms with Crippen LogP contribution in [0.3, 0.4) is 0 Å². The zero-order valence-electron chi connectivity index (χ0n) is 11.2. The van der Waals surface area contributed by atoms with Crippen LogP contribution < -0.4 is 0 Å². The van der Waals surface area contributed by atoms with Gasteiger partial charge in [-0.15, -0.1) is 11.3 Å². The van der Waals surface area contributed by atoms with Gasteiger partial charge in [0.25, 0.3) is 0 Å². The Hall–Kier alpha value is -1.79. The topological polar surface area (TPSA) is 46.5 Å². The highest BCUT2D eigenvalue weighted by molar-refractivity contribution is 7.71. The third-order valence-corrected chi connectivity index (χ3v) is 4.12. The van der Waals surface area contributed by atoms with Crippen molar-refractivity contribution in [2.24, 2.45) is 0 Å². The predicted molar refractivity (Wildman–Crippen MR) is 83.9 cm³/mol. The van der Waals surface area contributed by atoms with Crippen LogP contribution in [0.25, 0.3) is 16.5 Å². The van der Waals surface area contributed by atoms with Crippen LogP contribution in [0.5, 0.6) is 0 Å². The van der Waals surface area contributed by atoms with Gasteiger partial charge in [-0.05, 0) is 30.3 Å². The van der Waals surface area contributed by atoms with Crippen molar-refractivity contribution in [3.8, 4) is 16.5 Å². The number of benzene rings is 1. The average Bonchev–Trinajstić information content (AvgIpc) is 3.06. The number of nitrogens with zero attached hydrogens (tertiary/aromatic N) is 3. The highest BCUT2D eigenvalue weighted by atomic mass is 32.1. The molecule has 20 heavy (non-hydrogen) atoms. The van der Waals surface area contributed by atoms with Gasteiger partial charge in [0.15, 0.2) is 15.6 Å². The average molecular weight is 302 g/mol. The standard InChI is InChI=1S/C14H14N4S2/c1-9(2)11-8-20-13(15-11)12-16-17-14(19)18(12)10-6-4-3-5-7-10/h3-9H,1-2H3,(H,17,19). The molecule has 0 fully saturated rings. The van der Waals surface area contributed by atoms with Crippen molar-refractivity contribution >= 4 is 23.6 Å². The molecule has 0 radical (unpaired) electrons.